The summed E-state index contributed by atoms with van der Waals surface area (Å²) in [6.07, 6.45) is 0.491. The second-order valence-corrected chi connectivity index (χ2v) is 5.56. The van der Waals surface area contributed by atoms with Crippen molar-refractivity contribution in [2.24, 2.45) is 5.16 Å². The molecule has 8 nitrogen and oxygen atoms in total. The molecule has 1 aliphatic rings. The first-order valence-corrected chi connectivity index (χ1v) is 7.88. The lowest BCUT2D eigenvalue weighted by atomic mass is 10.0. The molecule has 3 rings (SSSR count). The highest BCUT2D eigenvalue weighted by Gasteiger charge is 2.19. The molecule has 8 heteroatoms. The Morgan fingerprint density at radius 2 is 2.04 bits per heavy atom. The third-order valence-electron chi connectivity index (χ3n) is 3.85. The van der Waals surface area contributed by atoms with Crippen LogP contribution < -0.4 is 9.47 Å². The lowest BCUT2D eigenvalue weighted by molar-refractivity contribution is -0.384. The fourth-order valence-electron chi connectivity index (χ4n) is 2.52. The van der Waals surface area contributed by atoms with E-state index >= 15 is 0 Å². The Hall–Kier alpha value is -3.42. The molecule has 26 heavy (non-hydrogen) atoms. The number of carbonyl (C=O) groups is 1. The maximum atomic E-state index is 12.0. The molecule has 0 amide bonds. The Morgan fingerprint density at radius 3 is 2.73 bits per heavy atom. The number of hydrogen-bond acceptors (Lipinski definition) is 7. The summed E-state index contributed by atoms with van der Waals surface area (Å²) in [6, 6.07) is 11.1. The van der Waals surface area contributed by atoms with Crippen LogP contribution in [0.3, 0.4) is 0 Å². The van der Waals surface area contributed by atoms with Gasteiger partial charge in [0, 0.05) is 30.2 Å². The van der Waals surface area contributed by atoms with Crippen molar-refractivity contribution in [1.29, 1.82) is 0 Å². The number of rotatable bonds is 5. The average molecular weight is 356 g/mol. The Labute approximate surface area is 149 Å². The first-order valence-electron chi connectivity index (χ1n) is 7.88. The van der Waals surface area contributed by atoms with Crippen LogP contribution in [0.2, 0.25) is 0 Å². The zero-order valence-electron chi connectivity index (χ0n) is 14.0. The molecule has 0 saturated carbocycles. The van der Waals surface area contributed by atoms with Crippen LogP contribution in [0.25, 0.3) is 0 Å². The molecule has 0 spiro atoms. The normalized spacial score (nSPS) is 14.3. The predicted molar refractivity (Wildman–Crippen MR) is 92.5 cm³/mol. The second-order valence-electron chi connectivity index (χ2n) is 5.56. The molecule has 1 heterocycles. The van der Waals surface area contributed by atoms with Gasteiger partial charge in [-0.15, -0.1) is 0 Å². The first kappa shape index (κ1) is 17.4. The van der Waals surface area contributed by atoms with Gasteiger partial charge in [-0.2, -0.15) is 0 Å². The van der Waals surface area contributed by atoms with Crippen LogP contribution in [0.4, 0.5) is 5.69 Å². The van der Waals surface area contributed by atoms with E-state index in [9.17, 15) is 14.9 Å². The van der Waals surface area contributed by atoms with Gasteiger partial charge in [-0.25, -0.2) is 4.79 Å². The molecule has 1 aliphatic heterocycles. The third kappa shape index (κ3) is 3.97. The molecule has 2 aromatic rings. The number of non-ortho nitro benzene ring substituents is 1. The van der Waals surface area contributed by atoms with Gasteiger partial charge >= 0.3 is 5.97 Å². The second kappa shape index (κ2) is 7.64. The predicted octanol–water partition coefficient (Wildman–Crippen LogP) is 2.88. The number of oxime groups is 1. The van der Waals surface area contributed by atoms with E-state index in [4.69, 9.17) is 14.3 Å². The summed E-state index contributed by atoms with van der Waals surface area (Å²) in [5.74, 6) is 0.744. The minimum absolute atomic E-state index is 0.0270. The van der Waals surface area contributed by atoms with Gasteiger partial charge in [-0.05, 0) is 17.7 Å². The zero-order chi connectivity index (χ0) is 18.5. The molecule has 0 saturated heterocycles. The van der Waals surface area contributed by atoms with E-state index in [0.717, 1.165) is 5.56 Å². The van der Waals surface area contributed by atoms with Crippen LogP contribution in [-0.2, 0) is 16.1 Å². The van der Waals surface area contributed by atoms with E-state index in [1.165, 1.54) is 24.3 Å². The van der Waals surface area contributed by atoms with Gasteiger partial charge in [0.05, 0.1) is 30.8 Å². The Balaban J connectivity index is 1.66. The van der Waals surface area contributed by atoms with Crippen molar-refractivity contribution in [3.05, 3.63) is 63.7 Å². The SMILES string of the molecule is COc1ccc2c(c1)OCC/C2=N\OC(=O)Cc1ccc([N+](=O)[O-])cc1. The van der Waals surface area contributed by atoms with E-state index in [1.54, 1.807) is 25.3 Å². The van der Waals surface area contributed by atoms with Crippen molar-refractivity contribution in [3.63, 3.8) is 0 Å². The summed E-state index contributed by atoms with van der Waals surface area (Å²) in [5.41, 5.74) is 1.95. The number of methoxy groups -OCH3 is 1. The number of fused-ring (bicyclic) bond motifs is 1. The highest BCUT2D eigenvalue weighted by molar-refractivity contribution is 6.03. The zero-order valence-corrected chi connectivity index (χ0v) is 14.0. The lowest BCUT2D eigenvalue weighted by Crippen LogP contribution is -2.17. The standard InChI is InChI=1S/C18H16N2O6/c1-24-14-6-7-15-16(8-9-25-17(15)11-14)19-26-18(21)10-12-2-4-13(5-3-12)20(22)23/h2-7,11H,8-10H2,1H3/b19-16+. The van der Waals surface area contributed by atoms with Gasteiger partial charge in [-0.3, -0.25) is 10.1 Å². The summed E-state index contributed by atoms with van der Waals surface area (Å²) >= 11 is 0. The molecule has 134 valence electrons. The van der Waals surface area contributed by atoms with E-state index in [2.05, 4.69) is 5.16 Å². The van der Waals surface area contributed by atoms with Gasteiger partial charge in [0.1, 0.15) is 11.5 Å². The summed E-state index contributed by atoms with van der Waals surface area (Å²) < 4.78 is 10.7. The highest BCUT2D eigenvalue weighted by Crippen LogP contribution is 2.29. The fourth-order valence-corrected chi connectivity index (χ4v) is 2.52. The monoisotopic (exact) mass is 356 g/mol. The molecule has 0 aliphatic carbocycles. The van der Waals surface area contributed by atoms with Crippen LogP contribution in [0.15, 0.2) is 47.6 Å². The van der Waals surface area contributed by atoms with Crippen LogP contribution in [0.5, 0.6) is 11.5 Å². The first-order chi connectivity index (χ1) is 12.6. The molecule has 0 N–H and O–H groups in total. The summed E-state index contributed by atoms with van der Waals surface area (Å²) in [7, 11) is 1.57. The van der Waals surface area contributed by atoms with Gasteiger partial charge in [0.2, 0.25) is 0 Å². The summed E-state index contributed by atoms with van der Waals surface area (Å²) in [4.78, 5) is 27.1. The van der Waals surface area contributed by atoms with Gasteiger partial charge in [-0.1, -0.05) is 17.3 Å². The molecule has 2 aromatic carbocycles. The minimum atomic E-state index is -0.548. The van der Waals surface area contributed by atoms with Crippen LogP contribution in [-0.4, -0.2) is 30.3 Å². The number of ether oxygens (including phenoxy) is 2. The van der Waals surface area contributed by atoms with Crippen molar-refractivity contribution in [2.45, 2.75) is 12.8 Å². The van der Waals surface area contributed by atoms with E-state index < -0.39 is 10.9 Å². The highest BCUT2D eigenvalue weighted by atomic mass is 16.7. The molecule has 0 unspecified atom stereocenters. The van der Waals surface area contributed by atoms with Gasteiger partial charge in [0.25, 0.3) is 5.69 Å². The number of nitro groups is 1. The van der Waals surface area contributed by atoms with E-state index in [-0.39, 0.29) is 12.1 Å². The fraction of sp³-hybridized carbons (Fsp3) is 0.222. The molecular formula is C18H16N2O6. The largest absolute Gasteiger partial charge is 0.497 e. The Kier molecular flexibility index (Phi) is 5.12. The van der Waals surface area contributed by atoms with Gasteiger partial charge in [0.15, 0.2) is 0 Å². The summed E-state index contributed by atoms with van der Waals surface area (Å²) in [5, 5.41) is 14.6. The van der Waals surface area contributed by atoms with Gasteiger partial charge < -0.3 is 14.3 Å². The third-order valence-corrected chi connectivity index (χ3v) is 3.85. The molecule has 0 atom stereocenters. The van der Waals surface area contributed by atoms with Crippen LogP contribution >= 0.6 is 0 Å². The minimum Gasteiger partial charge on any atom is -0.497 e. The van der Waals surface area contributed by atoms with Crippen molar-refractivity contribution in [3.8, 4) is 11.5 Å². The van der Waals surface area contributed by atoms with E-state index in [1.807, 2.05) is 0 Å². The number of nitrogens with zero attached hydrogens (tertiary/aromatic N) is 2. The number of hydrogen-bond donors (Lipinski definition) is 0. The van der Waals surface area contributed by atoms with Crippen molar-refractivity contribution < 1.29 is 24.0 Å². The number of nitro benzene ring substituents is 1. The van der Waals surface area contributed by atoms with Crippen molar-refractivity contribution in [1.82, 2.24) is 0 Å². The molecule has 0 fully saturated rings. The Bertz CT molecular complexity index is 860. The van der Waals surface area contributed by atoms with Crippen molar-refractivity contribution >= 4 is 17.4 Å². The van der Waals surface area contributed by atoms with Crippen LogP contribution in [0.1, 0.15) is 17.5 Å². The maximum absolute atomic E-state index is 12.0. The average Bonchev–Trinajstić information content (AvgIpc) is 2.66. The maximum Gasteiger partial charge on any atom is 0.339 e. The summed E-state index contributed by atoms with van der Waals surface area (Å²) in [6.45, 7) is 0.429. The smallest absolute Gasteiger partial charge is 0.339 e. The number of carbonyl (C=O) groups excluding carboxylic acids is 1. The Morgan fingerprint density at radius 1 is 1.27 bits per heavy atom. The van der Waals surface area contributed by atoms with Crippen LogP contribution in [0, 0.1) is 10.1 Å². The molecule has 0 bridgehead atoms. The van der Waals surface area contributed by atoms with E-state index in [0.29, 0.717) is 35.8 Å². The molecule has 0 radical (unpaired) electrons. The number of benzene rings is 2. The molecule has 0 aromatic heterocycles. The molecular weight excluding hydrogens is 340 g/mol. The van der Waals surface area contributed by atoms with Crippen molar-refractivity contribution in [2.75, 3.05) is 13.7 Å². The quantitative estimate of drug-likeness (QED) is 0.464. The lowest BCUT2D eigenvalue weighted by Gasteiger charge is -2.19. The topological polar surface area (TPSA) is 100 Å².